The molecular weight excluding hydrogens is 252 g/mol. The molecule has 2 heterocycles. The summed E-state index contributed by atoms with van der Waals surface area (Å²) in [5.41, 5.74) is 1.19. The Morgan fingerprint density at radius 3 is 2.85 bits per heavy atom. The number of carbonyl (C=O) groups excluding carboxylic acids is 1. The van der Waals surface area contributed by atoms with Crippen LogP contribution in [0.2, 0.25) is 0 Å². The van der Waals surface area contributed by atoms with Gasteiger partial charge in [-0.05, 0) is 45.7 Å². The molecule has 20 heavy (non-hydrogen) atoms. The number of aromatic nitrogens is 2. The quantitative estimate of drug-likeness (QED) is 0.773. The Balaban J connectivity index is 1.67. The molecule has 1 aromatic rings. The molecule has 0 saturated carbocycles. The third kappa shape index (κ3) is 3.82. The van der Waals surface area contributed by atoms with Crippen LogP contribution in [0.4, 0.5) is 0 Å². The van der Waals surface area contributed by atoms with Crippen molar-refractivity contribution in [3.63, 3.8) is 0 Å². The molecule has 0 unspecified atom stereocenters. The van der Waals surface area contributed by atoms with Crippen molar-refractivity contribution in [3.05, 3.63) is 18.0 Å². The number of hydrogen-bond acceptors (Lipinski definition) is 3. The van der Waals surface area contributed by atoms with E-state index in [0.717, 1.165) is 38.9 Å². The van der Waals surface area contributed by atoms with Crippen LogP contribution in [-0.2, 0) is 4.79 Å². The first kappa shape index (κ1) is 15.0. The number of rotatable bonds is 7. The summed E-state index contributed by atoms with van der Waals surface area (Å²) in [4.78, 5) is 13.5. The zero-order valence-corrected chi connectivity index (χ0v) is 12.8. The van der Waals surface area contributed by atoms with Crippen molar-refractivity contribution in [1.29, 1.82) is 0 Å². The topological polar surface area (TPSA) is 50.2 Å². The second kappa shape index (κ2) is 6.88. The molecule has 1 aliphatic rings. The molecule has 1 N–H and O–H groups in total. The van der Waals surface area contributed by atoms with E-state index in [1.807, 2.05) is 15.8 Å². The molecule has 1 fully saturated rings. The van der Waals surface area contributed by atoms with Crippen LogP contribution in [0.3, 0.4) is 0 Å². The molecule has 1 aromatic heterocycles. The highest BCUT2D eigenvalue weighted by Gasteiger charge is 2.19. The van der Waals surface area contributed by atoms with Gasteiger partial charge in [0.15, 0.2) is 0 Å². The van der Waals surface area contributed by atoms with E-state index in [1.165, 1.54) is 5.56 Å². The Bertz CT molecular complexity index is 443. The van der Waals surface area contributed by atoms with Gasteiger partial charge in [-0.3, -0.25) is 9.48 Å². The molecule has 2 rings (SSSR count). The van der Waals surface area contributed by atoms with Gasteiger partial charge < -0.3 is 10.2 Å². The second-order valence-electron chi connectivity index (χ2n) is 5.82. The van der Waals surface area contributed by atoms with Crippen molar-refractivity contribution in [3.8, 4) is 0 Å². The van der Waals surface area contributed by atoms with Crippen molar-refractivity contribution in [2.24, 2.45) is 0 Å². The second-order valence-corrected chi connectivity index (χ2v) is 5.82. The van der Waals surface area contributed by atoms with Crippen molar-refractivity contribution < 1.29 is 4.79 Å². The van der Waals surface area contributed by atoms with Gasteiger partial charge in [-0.1, -0.05) is 0 Å². The highest BCUT2D eigenvalue weighted by molar-refractivity contribution is 5.77. The molecule has 5 nitrogen and oxygen atoms in total. The number of likely N-dealkylation sites (tertiary alicyclic amines) is 1. The molecule has 2 atom stereocenters. The Labute approximate surface area is 121 Å². The number of amides is 1. The van der Waals surface area contributed by atoms with Crippen LogP contribution in [0.1, 0.15) is 44.7 Å². The maximum Gasteiger partial charge on any atom is 0.222 e. The van der Waals surface area contributed by atoms with Gasteiger partial charge in [-0.15, -0.1) is 0 Å². The Morgan fingerprint density at radius 1 is 1.45 bits per heavy atom. The first-order chi connectivity index (χ1) is 9.58. The predicted molar refractivity (Wildman–Crippen MR) is 79.6 cm³/mol. The lowest BCUT2D eigenvalue weighted by atomic mass is 10.1. The van der Waals surface area contributed by atoms with E-state index in [9.17, 15) is 4.79 Å². The van der Waals surface area contributed by atoms with E-state index in [1.54, 1.807) is 0 Å². The van der Waals surface area contributed by atoms with Crippen LogP contribution in [0.5, 0.6) is 0 Å². The summed E-state index contributed by atoms with van der Waals surface area (Å²) in [5, 5.41) is 7.89. The van der Waals surface area contributed by atoms with Gasteiger partial charge in [0.05, 0.1) is 12.2 Å². The summed E-state index contributed by atoms with van der Waals surface area (Å²) in [6.07, 6.45) is 6.74. The summed E-state index contributed by atoms with van der Waals surface area (Å²) in [6.45, 7) is 9.18. The Kier molecular flexibility index (Phi) is 5.17. The number of aryl methyl sites for hydroxylation is 1. The first-order valence-corrected chi connectivity index (χ1v) is 7.60. The minimum absolute atomic E-state index is 0.318. The van der Waals surface area contributed by atoms with E-state index in [4.69, 9.17) is 0 Å². The number of nitrogens with one attached hydrogen (secondary N) is 1. The van der Waals surface area contributed by atoms with Gasteiger partial charge in [0, 0.05) is 31.7 Å². The highest BCUT2D eigenvalue weighted by Crippen LogP contribution is 2.11. The molecular formula is C15H26N4O. The van der Waals surface area contributed by atoms with Gasteiger partial charge in [-0.25, -0.2) is 0 Å². The molecule has 0 spiro atoms. The van der Waals surface area contributed by atoms with Crippen molar-refractivity contribution in [1.82, 2.24) is 20.0 Å². The maximum atomic E-state index is 11.5. The van der Waals surface area contributed by atoms with Crippen LogP contribution in [0.25, 0.3) is 0 Å². The molecule has 5 heteroatoms. The van der Waals surface area contributed by atoms with Gasteiger partial charge in [0.2, 0.25) is 5.91 Å². The number of carbonyl (C=O) groups is 1. The Hall–Kier alpha value is -1.36. The first-order valence-electron chi connectivity index (χ1n) is 7.60. The molecule has 0 bridgehead atoms. The summed E-state index contributed by atoms with van der Waals surface area (Å²) in [5.74, 6) is 0.318. The van der Waals surface area contributed by atoms with E-state index < -0.39 is 0 Å². The molecule has 0 aromatic carbocycles. The van der Waals surface area contributed by atoms with Crippen LogP contribution in [0, 0.1) is 6.92 Å². The van der Waals surface area contributed by atoms with Gasteiger partial charge in [0.25, 0.3) is 0 Å². The SMILES string of the molecule is Cc1cnn([C@@H](C)[C@@H](C)NCCCN2CCCC2=O)c1. The van der Waals surface area contributed by atoms with Crippen LogP contribution >= 0.6 is 0 Å². The molecule has 1 aliphatic heterocycles. The zero-order chi connectivity index (χ0) is 14.5. The van der Waals surface area contributed by atoms with Crippen LogP contribution in [0.15, 0.2) is 12.4 Å². The number of hydrogen-bond donors (Lipinski definition) is 1. The summed E-state index contributed by atoms with van der Waals surface area (Å²) >= 11 is 0. The van der Waals surface area contributed by atoms with Gasteiger partial charge >= 0.3 is 0 Å². The fourth-order valence-electron chi connectivity index (χ4n) is 2.60. The standard InChI is InChI=1S/C15H26N4O/c1-12-10-17-19(11-12)14(3)13(2)16-7-5-9-18-8-4-6-15(18)20/h10-11,13-14,16H,4-9H2,1-3H3/t13-,14+/m1/s1. The van der Waals surface area contributed by atoms with E-state index in [2.05, 4.69) is 37.4 Å². The summed E-state index contributed by atoms with van der Waals surface area (Å²) in [6, 6.07) is 0.695. The van der Waals surface area contributed by atoms with E-state index >= 15 is 0 Å². The Morgan fingerprint density at radius 2 is 2.25 bits per heavy atom. The highest BCUT2D eigenvalue weighted by atomic mass is 16.2. The van der Waals surface area contributed by atoms with Crippen molar-refractivity contribution >= 4 is 5.91 Å². The monoisotopic (exact) mass is 278 g/mol. The molecule has 112 valence electrons. The van der Waals surface area contributed by atoms with Gasteiger partial charge in [-0.2, -0.15) is 5.10 Å². The lowest BCUT2D eigenvalue weighted by molar-refractivity contribution is -0.127. The zero-order valence-electron chi connectivity index (χ0n) is 12.8. The molecule has 0 radical (unpaired) electrons. The van der Waals surface area contributed by atoms with Crippen LogP contribution < -0.4 is 5.32 Å². The minimum Gasteiger partial charge on any atom is -0.343 e. The lowest BCUT2D eigenvalue weighted by Gasteiger charge is -2.22. The molecule has 0 aliphatic carbocycles. The largest absolute Gasteiger partial charge is 0.343 e. The third-order valence-electron chi connectivity index (χ3n) is 4.11. The fourth-order valence-corrected chi connectivity index (χ4v) is 2.60. The normalized spacial score (nSPS) is 18.6. The van der Waals surface area contributed by atoms with E-state index in [-0.39, 0.29) is 0 Å². The third-order valence-corrected chi connectivity index (χ3v) is 4.11. The predicted octanol–water partition coefficient (Wildman–Crippen LogP) is 1.74. The summed E-state index contributed by atoms with van der Waals surface area (Å²) < 4.78 is 2.01. The number of nitrogens with zero attached hydrogens (tertiary/aromatic N) is 3. The van der Waals surface area contributed by atoms with Crippen LogP contribution in [-0.4, -0.2) is 46.3 Å². The lowest BCUT2D eigenvalue weighted by Crippen LogP contribution is -2.36. The van der Waals surface area contributed by atoms with E-state index in [0.29, 0.717) is 18.0 Å². The maximum absolute atomic E-state index is 11.5. The fraction of sp³-hybridized carbons (Fsp3) is 0.733. The smallest absolute Gasteiger partial charge is 0.222 e. The van der Waals surface area contributed by atoms with Gasteiger partial charge in [0.1, 0.15) is 0 Å². The average molecular weight is 278 g/mol. The molecule has 1 amide bonds. The average Bonchev–Trinajstić information content (AvgIpc) is 3.03. The molecule has 1 saturated heterocycles. The minimum atomic E-state index is 0.318. The van der Waals surface area contributed by atoms with Crippen molar-refractivity contribution in [2.45, 2.75) is 52.1 Å². The van der Waals surface area contributed by atoms with Crippen molar-refractivity contribution in [2.75, 3.05) is 19.6 Å². The summed E-state index contributed by atoms with van der Waals surface area (Å²) in [7, 11) is 0.